The minimum absolute atomic E-state index is 0.219. The van der Waals surface area contributed by atoms with Crippen LogP contribution in [0.3, 0.4) is 0 Å². The van der Waals surface area contributed by atoms with Gasteiger partial charge in [-0.3, -0.25) is 9.78 Å². The van der Waals surface area contributed by atoms with Crippen LogP contribution >= 0.6 is 11.6 Å². The van der Waals surface area contributed by atoms with E-state index in [1.54, 1.807) is 25.3 Å². The summed E-state index contributed by atoms with van der Waals surface area (Å²) in [6.07, 6.45) is 1.59. The first-order chi connectivity index (χ1) is 8.63. The number of nitrogens with one attached hydrogen (secondary N) is 2. The zero-order valence-corrected chi connectivity index (χ0v) is 10.4. The van der Waals surface area contributed by atoms with Gasteiger partial charge in [0.15, 0.2) is 0 Å². The lowest BCUT2D eigenvalue weighted by molar-refractivity contribution is 1.04. The van der Waals surface area contributed by atoms with Crippen molar-refractivity contribution in [3.8, 4) is 0 Å². The van der Waals surface area contributed by atoms with Gasteiger partial charge in [0, 0.05) is 16.8 Å². The Morgan fingerprint density at radius 3 is 3.00 bits per heavy atom. The Hall–Kier alpha value is -2.14. The van der Waals surface area contributed by atoms with E-state index >= 15 is 0 Å². The maximum atomic E-state index is 11.2. The topological polar surface area (TPSA) is 70.1 Å². The second-order valence-corrected chi connectivity index (χ2v) is 4.10. The number of aromatic nitrogens is 2. The molecular weight excluding hydrogens is 252 g/mol. The molecule has 0 saturated carbocycles. The number of nitrogens with zero attached hydrogens (tertiary/aromatic N) is 2. The summed E-state index contributed by atoms with van der Waals surface area (Å²) < 4.78 is 0. The lowest BCUT2D eigenvalue weighted by Gasteiger charge is -1.99. The maximum absolute atomic E-state index is 11.2. The van der Waals surface area contributed by atoms with Crippen molar-refractivity contribution in [3.63, 3.8) is 0 Å². The Kier molecular flexibility index (Phi) is 3.74. The molecule has 0 unspecified atom stereocenters. The predicted octanol–water partition coefficient (Wildman–Crippen LogP) is 2.18. The van der Waals surface area contributed by atoms with Gasteiger partial charge in [0.2, 0.25) is 5.95 Å². The molecule has 0 atom stereocenters. The number of hydrogen-bond acceptors (Lipinski definition) is 4. The van der Waals surface area contributed by atoms with Gasteiger partial charge in [-0.1, -0.05) is 23.7 Å². The van der Waals surface area contributed by atoms with E-state index in [1.807, 2.05) is 12.1 Å². The third-order valence-corrected chi connectivity index (χ3v) is 2.34. The fourth-order valence-electron chi connectivity index (χ4n) is 1.39. The van der Waals surface area contributed by atoms with Crippen molar-refractivity contribution in [2.24, 2.45) is 5.10 Å². The molecule has 1 heterocycles. The predicted molar refractivity (Wildman–Crippen MR) is 72.3 cm³/mol. The molecule has 0 bridgehead atoms. The van der Waals surface area contributed by atoms with E-state index in [1.165, 1.54) is 6.07 Å². The maximum Gasteiger partial charge on any atom is 0.252 e. The number of halogens is 1. The highest BCUT2D eigenvalue weighted by Crippen LogP contribution is 2.08. The average molecular weight is 263 g/mol. The molecule has 0 radical (unpaired) electrons. The number of aryl methyl sites for hydroxylation is 1. The van der Waals surface area contributed by atoms with Crippen molar-refractivity contribution in [2.45, 2.75) is 6.92 Å². The molecule has 0 aliphatic carbocycles. The van der Waals surface area contributed by atoms with Crippen LogP contribution in [-0.4, -0.2) is 16.2 Å². The zero-order valence-electron chi connectivity index (χ0n) is 9.64. The van der Waals surface area contributed by atoms with Crippen LogP contribution < -0.4 is 11.0 Å². The van der Waals surface area contributed by atoms with Gasteiger partial charge in [0.1, 0.15) is 0 Å². The lowest BCUT2D eigenvalue weighted by atomic mass is 10.2. The smallest absolute Gasteiger partial charge is 0.252 e. The first-order valence-corrected chi connectivity index (χ1v) is 5.64. The molecule has 5 nitrogen and oxygen atoms in total. The van der Waals surface area contributed by atoms with Crippen molar-refractivity contribution < 1.29 is 0 Å². The Labute approximate surface area is 109 Å². The summed E-state index contributed by atoms with van der Waals surface area (Å²) >= 11 is 5.84. The normalized spacial score (nSPS) is 10.8. The fraction of sp³-hybridized carbons (Fsp3) is 0.0833. The molecule has 18 heavy (non-hydrogen) atoms. The number of hydrazone groups is 1. The number of benzene rings is 1. The Bertz CT molecular complexity index is 636. The molecule has 0 saturated heterocycles. The quantitative estimate of drug-likeness (QED) is 0.658. The molecular formula is C12H11ClN4O. The molecule has 2 rings (SSSR count). The Balaban J connectivity index is 2.09. The number of aromatic amines is 1. The number of H-pyrrole nitrogens is 1. The molecule has 0 spiro atoms. The number of anilines is 1. The summed E-state index contributed by atoms with van der Waals surface area (Å²) in [7, 11) is 0. The van der Waals surface area contributed by atoms with E-state index in [4.69, 9.17) is 11.6 Å². The van der Waals surface area contributed by atoms with E-state index in [0.717, 1.165) is 5.56 Å². The molecule has 0 amide bonds. The summed E-state index contributed by atoms with van der Waals surface area (Å²) in [4.78, 5) is 17.8. The zero-order chi connectivity index (χ0) is 13.0. The first kappa shape index (κ1) is 12.3. The Morgan fingerprint density at radius 2 is 2.28 bits per heavy atom. The third-order valence-electron chi connectivity index (χ3n) is 2.10. The largest absolute Gasteiger partial charge is 0.291 e. The van der Waals surface area contributed by atoms with E-state index in [9.17, 15) is 4.79 Å². The summed E-state index contributed by atoms with van der Waals surface area (Å²) in [6.45, 7) is 1.74. The van der Waals surface area contributed by atoms with Crippen LogP contribution in [0.25, 0.3) is 0 Å². The van der Waals surface area contributed by atoms with Gasteiger partial charge in [0.25, 0.3) is 5.56 Å². The molecule has 6 heteroatoms. The standard InChI is InChI=1S/C12H11ClN4O/c1-8-5-11(18)16-12(15-8)17-14-7-9-3-2-4-10(13)6-9/h2-7H,1H3,(H2,15,16,17,18)/b14-7-. The fourth-order valence-corrected chi connectivity index (χ4v) is 1.59. The number of rotatable bonds is 3. The van der Waals surface area contributed by atoms with Gasteiger partial charge < -0.3 is 0 Å². The van der Waals surface area contributed by atoms with Crippen molar-refractivity contribution in [3.05, 3.63) is 57.0 Å². The third kappa shape index (κ3) is 3.43. The van der Waals surface area contributed by atoms with Gasteiger partial charge in [0.05, 0.1) is 6.21 Å². The van der Waals surface area contributed by atoms with Gasteiger partial charge in [-0.05, 0) is 24.6 Å². The van der Waals surface area contributed by atoms with Crippen LogP contribution in [0.1, 0.15) is 11.3 Å². The van der Waals surface area contributed by atoms with Gasteiger partial charge in [-0.15, -0.1) is 0 Å². The van der Waals surface area contributed by atoms with Gasteiger partial charge in [-0.25, -0.2) is 10.4 Å². The molecule has 1 aromatic carbocycles. The molecule has 0 fully saturated rings. The summed E-state index contributed by atoms with van der Waals surface area (Å²) in [6, 6.07) is 8.66. The molecule has 2 aromatic rings. The highest BCUT2D eigenvalue weighted by molar-refractivity contribution is 6.30. The van der Waals surface area contributed by atoms with Crippen molar-refractivity contribution >= 4 is 23.8 Å². The molecule has 1 aromatic heterocycles. The number of hydrogen-bond donors (Lipinski definition) is 2. The highest BCUT2D eigenvalue weighted by atomic mass is 35.5. The minimum atomic E-state index is -0.219. The van der Waals surface area contributed by atoms with Crippen LogP contribution in [0.5, 0.6) is 0 Å². The minimum Gasteiger partial charge on any atom is -0.291 e. The SMILES string of the molecule is Cc1cc(=O)[nH]c(N/N=C\c2cccc(Cl)c2)n1. The first-order valence-electron chi connectivity index (χ1n) is 5.26. The van der Waals surface area contributed by atoms with Crippen molar-refractivity contribution in [1.82, 2.24) is 9.97 Å². The van der Waals surface area contributed by atoms with Crippen molar-refractivity contribution in [2.75, 3.05) is 5.43 Å². The van der Waals surface area contributed by atoms with Crippen LogP contribution in [0, 0.1) is 6.92 Å². The van der Waals surface area contributed by atoms with Gasteiger partial charge in [-0.2, -0.15) is 5.10 Å². The molecule has 92 valence electrons. The van der Waals surface area contributed by atoms with E-state index in [0.29, 0.717) is 16.7 Å². The summed E-state index contributed by atoms with van der Waals surface area (Å²) in [5, 5.41) is 4.61. The summed E-state index contributed by atoms with van der Waals surface area (Å²) in [5.74, 6) is 0.304. The van der Waals surface area contributed by atoms with Crippen molar-refractivity contribution in [1.29, 1.82) is 0 Å². The summed E-state index contributed by atoms with van der Waals surface area (Å²) in [5.41, 5.74) is 3.91. The molecule has 0 aliphatic rings. The van der Waals surface area contributed by atoms with Crippen LogP contribution in [0.15, 0.2) is 40.2 Å². The van der Waals surface area contributed by atoms with Gasteiger partial charge >= 0.3 is 0 Å². The second-order valence-electron chi connectivity index (χ2n) is 3.66. The second kappa shape index (κ2) is 5.46. The van der Waals surface area contributed by atoms with E-state index < -0.39 is 0 Å². The monoisotopic (exact) mass is 262 g/mol. The molecule has 0 aliphatic heterocycles. The lowest BCUT2D eigenvalue weighted by Crippen LogP contribution is -2.10. The van der Waals surface area contributed by atoms with Crippen LogP contribution in [0.2, 0.25) is 5.02 Å². The van der Waals surface area contributed by atoms with Crippen LogP contribution in [0.4, 0.5) is 5.95 Å². The highest BCUT2D eigenvalue weighted by Gasteiger charge is 1.95. The van der Waals surface area contributed by atoms with Crippen LogP contribution in [-0.2, 0) is 0 Å². The van der Waals surface area contributed by atoms with E-state index in [-0.39, 0.29) is 5.56 Å². The molecule has 2 N–H and O–H groups in total. The van der Waals surface area contributed by atoms with E-state index in [2.05, 4.69) is 20.5 Å². The average Bonchev–Trinajstić information content (AvgIpc) is 2.27. The Morgan fingerprint density at radius 1 is 1.44 bits per heavy atom.